The Kier molecular flexibility index (Phi) is 2.65. The van der Waals surface area contributed by atoms with Gasteiger partial charge >= 0.3 is 0 Å². The van der Waals surface area contributed by atoms with Gasteiger partial charge in [-0.05, 0) is 37.1 Å². The maximum Gasteiger partial charge on any atom is 0.253 e. The average molecular weight is 212 g/mol. The Labute approximate surface area is 95.2 Å². The molecule has 0 saturated carbocycles. The predicted molar refractivity (Wildman–Crippen MR) is 65.4 cm³/mol. The molecule has 81 valence electrons. The molecule has 0 N–H and O–H groups in total. The number of rotatable bonds is 1. The van der Waals surface area contributed by atoms with E-state index in [1.54, 1.807) is 11.6 Å². The Morgan fingerprint density at radius 1 is 1.25 bits per heavy atom. The van der Waals surface area contributed by atoms with Crippen LogP contribution in [0.15, 0.2) is 35.3 Å². The molecule has 0 aliphatic heterocycles. The van der Waals surface area contributed by atoms with Gasteiger partial charge < -0.3 is 4.57 Å². The van der Waals surface area contributed by atoms with Crippen LogP contribution >= 0.6 is 0 Å². The van der Waals surface area contributed by atoms with E-state index in [9.17, 15) is 4.79 Å². The molecule has 1 radical (unpaired) electrons. The molecule has 0 aliphatic rings. The van der Waals surface area contributed by atoms with Crippen molar-refractivity contribution in [2.45, 2.75) is 13.8 Å². The first-order valence-electron chi connectivity index (χ1n) is 5.24. The molecule has 1 aromatic carbocycles. The van der Waals surface area contributed by atoms with Crippen molar-refractivity contribution in [2.75, 3.05) is 0 Å². The molecule has 0 amide bonds. The van der Waals surface area contributed by atoms with Gasteiger partial charge in [0.1, 0.15) is 0 Å². The third kappa shape index (κ3) is 1.67. The fourth-order valence-electron chi connectivity index (χ4n) is 1.83. The highest BCUT2D eigenvalue weighted by Crippen LogP contribution is 2.22. The minimum Gasteiger partial charge on any atom is -0.318 e. The van der Waals surface area contributed by atoms with E-state index in [1.807, 2.05) is 44.3 Å². The van der Waals surface area contributed by atoms with Crippen LogP contribution in [0.3, 0.4) is 0 Å². The largest absolute Gasteiger partial charge is 0.318 e. The zero-order valence-corrected chi connectivity index (χ0v) is 9.74. The smallest absolute Gasteiger partial charge is 0.253 e. The second-order valence-electron chi connectivity index (χ2n) is 4.00. The van der Waals surface area contributed by atoms with Gasteiger partial charge in [-0.15, -0.1) is 0 Å². The van der Waals surface area contributed by atoms with Gasteiger partial charge in [0.05, 0.1) is 0 Å². The molecule has 2 rings (SSSR count). The van der Waals surface area contributed by atoms with Gasteiger partial charge in [-0.3, -0.25) is 4.79 Å². The molecule has 2 nitrogen and oxygen atoms in total. The summed E-state index contributed by atoms with van der Waals surface area (Å²) in [5.41, 5.74) is 4.11. The maximum absolute atomic E-state index is 11.7. The molecule has 0 fully saturated rings. The van der Waals surface area contributed by atoms with Crippen molar-refractivity contribution >= 4 is 0 Å². The van der Waals surface area contributed by atoms with Gasteiger partial charge in [0, 0.05) is 24.4 Å². The van der Waals surface area contributed by atoms with Crippen LogP contribution in [0, 0.1) is 19.9 Å². The van der Waals surface area contributed by atoms with Crippen LogP contribution in [-0.4, -0.2) is 4.57 Å². The predicted octanol–water partition coefficient (Wildman–Crippen LogP) is 2.47. The van der Waals surface area contributed by atoms with Crippen molar-refractivity contribution in [3.63, 3.8) is 0 Å². The molecule has 0 atom stereocenters. The fraction of sp³-hybridized carbons (Fsp3) is 0.214. The number of benzene rings is 1. The number of hydrogen-bond donors (Lipinski definition) is 0. The minimum absolute atomic E-state index is 0.0705. The summed E-state index contributed by atoms with van der Waals surface area (Å²) in [5, 5.41) is 0. The van der Waals surface area contributed by atoms with Crippen LogP contribution in [0.2, 0.25) is 0 Å². The minimum atomic E-state index is 0.0705. The highest BCUT2D eigenvalue weighted by molar-refractivity contribution is 5.67. The first kappa shape index (κ1) is 10.7. The molecule has 2 heteroatoms. The van der Waals surface area contributed by atoms with Crippen LogP contribution in [0.5, 0.6) is 0 Å². The summed E-state index contributed by atoms with van der Waals surface area (Å²) in [6, 6.07) is 10.8. The fourth-order valence-corrected chi connectivity index (χ4v) is 1.83. The van der Waals surface area contributed by atoms with Crippen LogP contribution in [0.25, 0.3) is 11.1 Å². The van der Waals surface area contributed by atoms with Gasteiger partial charge in [0.2, 0.25) is 0 Å². The number of pyridine rings is 1. The van der Waals surface area contributed by atoms with Crippen molar-refractivity contribution in [2.24, 2.45) is 7.05 Å². The first-order chi connectivity index (χ1) is 7.61. The standard InChI is InChI=1S/C14H14NO/c1-10-11(2)14(16)15(3)9-13(10)12-7-5-4-6-8-12/h4-5,7-9H,1-3H3. The van der Waals surface area contributed by atoms with Gasteiger partial charge in [0.25, 0.3) is 5.56 Å². The van der Waals surface area contributed by atoms with E-state index in [4.69, 9.17) is 0 Å². The van der Waals surface area contributed by atoms with Gasteiger partial charge in [-0.25, -0.2) is 0 Å². The third-order valence-electron chi connectivity index (χ3n) is 2.95. The second-order valence-corrected chi connectivity index (χ2v) is 4.00. The van der Waals surface area contributed by atoms with Gasteiger partial charge in [-0.2, -0.15) is 0 Å². The van der Waals surface area contributed by atoms with E-state index < -0.39 is 0 Å². The second kappa shape index (κ2) is 3.97. The van der Waals surface area contributed by atoms with Gasteiger partial charge in [-0.1, -0.05) is 18.2 Å². The van der Waals surface area contributed by atoms with Crippen molar-refractivity contribution in [1.29, 1.82) is 0 Å². The summed E-state index contributed by atoms with van der Waals surface area (Å²) in [5.74, 6) is 0. The average Bonchev–Trinajstić information content (AvgIpc) is 2.32. The quantitative estimate of drug-likeness (QED) is 0.711. The molecule has 0 aliphatic carbocycles. The summed E-state index contributed by atoms with van der Waals surface area (Å²) >= 11 is 0. The van der Waals surface area contributed by atoms with E-state index in [0.29, 0.717) is 0 Å². The van der Waals surface area contributed by atoms with E-state index in [-0.39, 0.29) is 5.56 Å². The van der Waals surface area contributed by atoms with Crippen molar-refractivity contribution in [3.05, 3.63) is 58.0 Å². The maximum atomic E-state index is 11.7. The summed E-state index contributed by atoms with van der Waals surface area (Å²) in [7, 11) is 1.78. The number of nitrogens with zero attached hydrogens (tertiary/aromatic N) is 1. The molecule has 1 aromatic heterocycles. The molecular formula is C14H14NO. The lowest BCUT2D eigenvalue weighted by atomic mass is 10.00. The number of aromatic nitrogens is 1. The number of hydrogen-bond acceptors (Lipinski definition) is 1. The summed E-state index contributed by atoms with van der Waals surface area (Å²) in [4.78, 5) is 11.7. The Morgan fingerprint density at radius 3 is 2.62 bits per heavy atom. The summed E-state index contributed by atoms with van der Waals surface area (Å²) in [6.45, 7) is 3.85. The van der Waals surface area contributed by atoms with Crippen LogP contribution in [0.4, 0.5) is 0 Å². The first-order valence-corrected chi connectivity index (χ1v) is 5.24. The summed E-state index contributed by atoms with van der Waals surface area (Å²) < 4.78 is 1.63. The highest BCUT2D eigenvalue weighted by Gasteiger charge is 2.08. The van der Waals surface area contributed by atoms with Crippen molar-refractivity contribution in [3.8, 4) is 11.1 Å². The van der Waals surface area contributed by atoms with E-state index in [0.717, 1.165) is 22.3 Å². The summed E-state index contributed by atoms with van der Waals surface area (Å²) in [6.07, 6.45) is 1.88. The molecule has 16 heavy (non-hydrogen) atoms. The van der Waals surface area contributed by atoms with E-state index in [2.05, 4.69) is 6.07 Å². The Hall–Kier alpha value is -1.83. The molecule has 0 bridgehead atoms. The Balaban J connectivity index is 2.73. The van der Waals surface area contributed by atoms with Gasteiger partial charge in [0.15, 0.2) is 0 Å². The normalized spacial score (nSPS) is 10.4. The molecule has 1 heterocycles. The zero-order chi connectivity index (χ0) is 11.7. The molecule has 2 aromatic rings. The highest BCUT2D eigenvalue weighted by atomic mass is 16.1. The molecule has 0 unspecified atom stereocenters. The SMILES string of the molecule is Cc1c(-c2c[c]ccc2)cn(C)c(=O)c1C. The lowest BCUT2D eigenvalue weighted by Gasteiger charge is -2.10. The lowest BCUT2D eigenvalue weighted by Crippen LogP contribution is -2.20. The van der Waals surface area contributed by atoms with Crippen molar-refractivity contribution < 1.29 is 0 Å². The molecule has 0 saturated heterocycles. The lowest BCUT2D eigenvalue weighted by molar-refractivity contribution is 0.845. The van der Waals surface area contributed by atoms with E-state index >= 15 is 0 Å². The molecule has 0 spiro atoms. The van der Waals surface area contributed by atoms with Crippen LogP contribution in [-0.2, 0) is 7.05 Å². The topological polar surface area (TPSA) is 22.0 Å². The Morgan fingerprint density at radius 2 is 2.00 bits per heavy atom. The zero-order valence-electron chi connectivity index (χ0n) is 9.74. The van der Waals surface area contributed by atoms with E-state index in [1.165, 1.54) is 0 Å². The molecular weight excluding hydrogens is 198 g/mol. The monoisotopic (exact) mass is 212 g/mol. The van der Waals surface area contributed by atoms with Crippen molar-refractivity contribution in [1.82, 2.24) is 4.57 Å². The van der Waals surface area contributed by atoms with Crippen LogP contribution in [0.1, 0.15) is 11.1 Å². The third-order valence-corrected chi connectivity index (χ3v) is 2.95. The number of aryl methyl sites for hydroxylation is 1. The Bertz CT molecular complexity index is 567. The van der Waals surface area contributed by atoms with Crippen LogP contribution < -0.4 is 5.56 Å².